The predicted octanol–water partition coefficient (Wildman–Crippen LogP) is 3.79. The van der Waals surface area contributed by atoms with Crippen molar-refractivity contribution in [3.05, 3.63) is 79.0 Å². The minimum atomic E-state index is -4.27. The minimum Gasteiger partial charge on any atom is -0.497 e. The molecule has 4 rings (SSSR count). The number of carbonyl (C=O) groups is 1. The van der Waals surface area contributed by atoms with Gasteiger partial charge in [-0.25, -0.2) is 26.1 Å². The van der Waals surface area contributed by atoms with E-state index in [2.05, 4.69) is 4.98 Å². The van der Waals surface area contributed by atoms with Crippen LogP contribution in [0.4, 0.5) is 11.5 Å². The Labute approximate surface area is 232 Å². The Morgan fingerprint density at radius 3 is 1.73 bits per heavy atom. The summed E-state index contributed by atoms with van der Waals surface area (Å²) in [5.41, 5.74) is 0.246. The van der Waals surface area contributed by atoms with Gasteiger partial charge in [0.25, 0.3) is 26.5 Å². The first-order valence-corrected chi connectivity index (χ1v) is 14.8. The smallest absolute Gasteiger partial charge is 0.294 e. The molecule has 0 unspecified atom stereocenters. The van der Waals surface area contributed by atoms with Crippen LogP contribution >= 0.6 is 0 Å². The monoisotopic (exact) mass is 585 g/mol. The fourth-order valence-corrected chi connectivity index (χ4v) is 6.91. The molecule has 0 aliphatic heterocycles. The third kappa shape index (κ3) is 5.38. The molecule has 210 valence electrons. The summed E-state index contributed by atoms with van der Waals surface area (Å²) in [7, 11) is -5.35. The van der Waals surface area contributed by atoms with Crippen molar-refractivity contribution in [1.29, 1.82) is 0 Å². The Morgan fingerprint density at radius 1 is 0.750 bits per heavy atom. The molecule has 0 aliphatic carbocycles. The fourth-order valence-electron chi connectivity index (χ4n) is 4.12. The molecule has 0 radical (unpaired) electrons. The van der Waals surface area contributed by atoms with Crippen LogP contribution in [0.15, 0.2) is 88.8 Å². The molecule has 4 aromatic rings. The van der Waals surface area contributed by atoms with Gasteiger partial charge in [-0.3, -0.25) is 9.10 Å². The molecule has 0 amide bonds. The lowest BCUT2D eigenvalue weighted by molar-refractivity contribution is -0.128. The summed E-state index contributed by atoms with van der Waals surface area (Å²) in [5, 5.41) is 0.752. The molecule has 0 bridgehead atoms. The van der Waals surface area contributed by atoms with Crippen LogP contribution in [0.5, 0.6) is 11.5 Å². The van der Waals surface area contributed by atoms with Crippen LogP contribution < -0.4 is 18.1 Å². The fraction of sp³-hybridized carbons (Fsp3) is 0.185. The standard InChI is InChI=1S/C27H27N3O8S2/c1-4-29(39(32,33)22-13-9-20(36-2)10-14-22)26-17-28-27(25-8-6-5-7-24(25)26)30(18-38-19-31)40(34,35)23-15-11-21(37-3)12-16-23/h5-17,19H,4,18H2,1-3H3. The molecular weight excluding hydrogens is 558 g/mol. The maximum atomic E-state index is 13.7. The second-order valence-electron chi connectivity index (χ2n) is 8.28. The molecule has 0 N–H and O–H groups in total. The van der Waals surface area contributed by atoms with Gasteiger partial charge in [0.1, 0.15) is 11.5 Å². The third-order valence-corrected chi connectivity index (χ3v) is 9.73. The number of benzene rings is 3. The summed E-state index contributed by atoms with van der Waals surface area (Å²) < 4.78 is 71.8. The Kier molecular flexibility index (Phi) is 8.45. The number of fused-ring (bicyclic) bond motifs is 1. The molecule has 11 nitrogen and oxygen atoms in total. The van der Waals surface area contributed by atoms with Crippen LogP contribution in [0.1, 0.15) is 6.92 Å². The summed E-state index contributed by atoms with van der Waals surface area (Å²) in [6.07, 6.45) is 1.29. The van der Waals surface area contributed by atoms with Gasteiger partial charge in [-0.1, -0.05) is 24.3 Å². The zero-order valence-corrected chi connectivity index (χ0v) is 23.6. The average molecular weight is 586 g/mol. The maximum Gasteiger partial charge on any atom is 0.294 e. The van der Waals surface area contributed by atoms with E-state index < -0.39 is 26.8 Å². The molecule has 0 aliphatic rings. The van der Waals surface area contributed by atoms with E-state index in [1.165, 1.54) is 61.1 Å². The second kappa shape index (κ2) is 11.8. The highest BCUT2D eigenvalue weighted by molar-refractivity contribution is 7.93. The van der Waals surface area contributed by atoms with Gasteiger partial charge in [-0.15, -0.1) is 0 Å². The Morgan fingerprint density at radius 2 is 1.25 bits per heavy atom. The first kappa shape index (κ1) is 28.6. The van der Waals surface area contributed by atoms with Crippen molar-refractivity contribution >= 4 is 48.8 Å². The largest absolute Gasteiger partial charge is 0.497 e. The van der Waals surface area contributed by atoms with Crippen molar-refractivity contribution in [2.45, 2.75) is 16.7 Å². The van der Waals surface area contributed by atoms with Crippen molar-refractivity contribution < 1.29 is 35.8 Å². The molecule has 0 saturated heterocycles. The minimum absolute atomic E-state index is 0.0464. The van der Waals surface area contributed by atoms with E-state index in [0.29, 0.717) is 22.3 Å². The van der Waals surface area contributed by atoms with Gasteiger partial charge in [-0.05, 0) is 55.5 Å². The van der Waals surface area contributed by atoms with E-state index in [4.69, 9.17) is 14.2 Å². The van der Waals surface area contributed by atoms with E-state index in [9.17, 15) is 21.6 Å². The lowest BCUT2D eigenvalue weighted by Gasteiger charge is -2.27. The van der Waals surface area contributed by atoms with Crippen LogP contribution in [0.2, 0.25) is 0 Å². The Hall–Kier alpha value is -4.36. The van der Waals surface area contributed by atoms with Crippen molar-refractivity contribution in [2.24, 2.45) is 0 Å². The molecular formula is C27H27N3O8S2. The third-order valence-electron chi connectivity index (χ3n) is 6.10. The van der Waals surface area contributed by atoms with Crippen molar-refractivity contribution in [3.63, 3.8) is 0 Å². The summed E-state index contributed by atoms with van der Waals surface area (Å²) >= 11 is 0. The number of anilines is 2. The molecule has 13 heteroatoms. The zero-order chi connectivity index (χ0) is 28.9. The van der Waals surface area contributed by atoms with E-state index in [-0.39, 0.29) is 34.3 Å². The van der Waals surface area contributed by atoms with E-state index in [1.807, 2.05) is 0 Å². The number of methoxy groups -OCH3 is 2. The highest BCUT2D eigenvalue weighted by atomic mass is 32.2. The van der Waals surface area contributed by atoms with Crippen LogP contribution in [-0.2, 0) is 29.6 Å². The summed E-state index contributed by atoms with van der Waals surface area (Å²) in [6, 6.07) is 18.3. The highest BCUT2D eigenvalue weighted by Gasteiger charge is 2.31. The Balaban J connectivity index is 1.87. The van der Waals surface area contributed by atoms with Crippen molar-refractivity contribution in [3.8, 4) is 11.5 Å². The molecule has 3 aromatic carbocycles. The number of nitrogens with zero attached hydrogens (tertiary/aromatic N) is 3. The Bertz CT molecular complexity index is 1710. The summed E-state index contributed by atoms with van der Waals surface area (Å²) in [5.74, 6) is 0.921. The quantitative estimate of drug-likeness (QED) is 0.180. The van der Waals surface area contributed by atoms with Gasteiger partial charge in [-0.2, -0.15) is 0 Å². The van der Waals surface area contributed by atoms with E-state index in [1.54, 1.807) is 43.3 Å². The van der Waals surface area contributed by atoms with E-state index >= 15 is 0 Å². The van der Waals surface area contributed by atoms with Crippen LogP contribution in [0.25, 0.3) is 10.8 Å². The number of aromatic nitrogens is 1. The number of ether oxygens (including phenoxy) is 3. The zero-order valence-electron chi connectivity index (χ0n) is 21.9. The van der Waals surface area contributed by atoms with Crippen LogP contribution in [0.3, 0.4) is 0 Å². The number of carbonyl (C=O) groups excluding carboxylic acids is 1. The number of hydrogen-bond donors (Lipinski definition) is 0. The number of hydrogen-bond acceptors (Lipinski definition) is 9. The predicted molar refractivity (Wildman–Crippen MR) is 150 cm³/mol. The van der Waals surface area contributed by atoms with Gasteiger partial charge in [0.15, 0.2) is 12.5 Å². The molecule has 1 aromatic heterocycles. The number of pyridine rings is 1. The first-order valence-electron chi connectivity index (χ1n) is 12.0. The van der Waals surface area contributed by atoms with Gasteiger partial charge in [0, 0.05) is 17.3 Å². The lowest BCUT2D eigenvalue weighted by Crippen LogP contribution is -2.35. The lowest BCUT2D eigenvalue weighted by atomic mass is 10.1. The molecule has 0 spiro atoms. The van der Waals surface area contributed by atoms with Gasteiger partial charge in [0.2, 0.25) is 0 Å². The topological polar surface area (TPSA) is 132 Å². The highest BCUT2D eigenvalue weighted by Crippen LogP contribution is 2.37. The van der Waals surface area contributed by atoms with Crippen LogP contribution in [-0.4, -0.2) is 55.8 Å². The maximum absolute atomic E-state index is 13.7. The first-order chi connectivity index (χ1) is 19.2. The molecule has 1 heterocycles. The molecule has 0 atom stereocenters. The van der Waals surface area contributed by atoms with Gasteiger partial charge in [0.05, 0.1) is 35.9 Å². The summed E-state index contributed by atoms with van der Waals surface area (Å²) in [6.45, 7) is 1.23. The molecule has 0 fully saturated rings. The SMILES string of the molecule is CCN(c1cnc(N(COC=O)S(=O)(=O)c2ccc(OC)cc2)c2ccccc12)S(=O)(=O)c1ccc(OC)cc1. The van der Waals surface area contributed by atoms with Gasteiger partial charge >= 0.3 is 0 Å². The number of sulfonamides is 2. The van der Waals surface area contributed by atoms with Crippen molar-refractivity contribution in [2.75, 3.05) is 36.1 Å². The van der Waals surface area contributed by atoms with Crippen molar-refractivity contribution in [1.82, 2.24) is 4.98 Å². The van der Waals surface area contributed by atoms with Crippen LogP contribution in [0, 0.1) is 0 Å². The molecule has 0 saturated carbocycles. The van der Waals surface area contributed by atoms with E-state index in [0.717, 1.165) is 4.31 Å². The molecule has 40 heavy (non-hydrogen) atoms. The normalized spacial score (nSPS) is 11.6. The van der Waals surface area contributed by atoms with Gasteiger partial charge < -0.3 is 14.2 Å². The number of rotatable bonds is 12. The second-order valence-corrected chi connectivity index (χ2v) is 12.0. The average Bonchev–Trinajstić information content (AvgIpc) is 2.98. The summed E-state index contributed by atoms with van der Waals surface area (Å²) in [4.78, 5) is 15.4.